The van der Waals surface area contributed by atoms with Crippen molar-refractivity contribution in [3.63, 3.8) is 0 Å². The van der Waals surface area contributed by atoms with E-state index in [0.717, 1.165) is 6.42 Å². The summed E-state index contributed by atoms with van der Waals surface area (Å²) >= 11 is 9.02. The molecule has 0 aliphatic carbocycles. The SMILES string of the molecule is O=C(NCCCCO)c1cc(Br)cnc1Cl. The van der Waals surface area contributed by atoms with Crippen molar-refractivity contribution in [1.29, 1.82) is 0 Å². The van der Waals surface area contributed by atoms with Crippen LogP contribution in [-0.4, -0.2) is 29.1 Å². The first kappa shape index (κ1) is 13.4. The number of halogens is 2. The summed E-state index contributed by atoms with van der Waals surface area (Å²) in [6, 6.07) is 1.62. The van der Waals surface area contributed by atoms with Gasteiger partial charge in [-0.05, 0) is 34.8 Å². The molecule has 0 bridgehead atoms. The largest absolute Gasteiger partial charge is 0.396 e. The Labute approximate surface area is 107 Å². The van der Waals surface area contributed by atoms with E-state index in [4.69, 9.17) is 16.7 Å². The van der Waals surface area contributed by atoms with Crippen LogP contribution < -0.4 is 5.32 Å². The number of hydrogen-bond acceptors (Lipinski definition) is 3. The van der Waals surface area contributed by atoms with Gasteiger partial charge in [-0.2, -0.15) is 0 Å². The topological polar surface area (TPSA) is 62.2 Å². The van der Waals surface area contributed by atoms with Gasteiger partial charge in [-0.15, -0.1) is 0 Å². The predicted molar refractivity (Wildman–Crippen MR) is 65.6 cm³/mol. The summed E-state index contributed by atoms with van der Waals surface area (Å²) in [5, 5.41) is 11.5. The van der Waals surface area contributed by atoms with E-state index < -0.39 is 0 Å². The Morgan fingerprint density at radius 2 is 2.31 bits per heavy atom. The number of nitrogens with one attached hydrogen (secondary N) is 1. The molecule has 0 saturated carbocycles. The fourth-order valence-corrected chi connectivity index (χ4v) is 1.64. The highest BCUT2D eigenvalue weighted by atomic mass is 79.9. The summed E-state index contributed by atoms with van der Waals surface area (Å²) < 4.78 is 0.706. The van der Waals surface area contributed by atoms with E-state index in [1.165, 1.54) is 6.20 Å². The Balaban J connectivity index is 2.55. The Bertz CT molecular complexity index is 374. The molecule has 16 heavy (non-hydrogen) atoms. The minimum absolute atomic E-state index is 0.134. The van der Waals surface area contributed by atoms with E-state index in [9.17, 15) is 4.79 Å². The Hall–Kier alpha value is -0.650. The normalized spacial score (nSPS) is 10.2. The summed E-state index contributed by atoms with van der Waals surface area (Å²) in [7, 11) is 0. The first-order valence-corrected chi connectivity index (χ1v) is 6.02. The van der Waals surface area contributed by atoms with Gasteiger partial charge in [-0.25, -0.2) is 4.98 Å². The zero-order valence-electron chi connectivity index (χ0n) is 8.54. The van der Waals surface area contributed by atoms with Crippen LogP contribution in [0.3, 0.4) is 0 Å². The lowest BCUT2D eigenvalue weighted by atomic mass is 10.2. The highest BCUT2D eigenvalue weighted by Crippen LogP contribution is 2.17. The minimum Gasteiger partial charge on any atom is -0.396 e. The van der Waals surface area contributed by atoms with E-state index in [-0.39, 0.29) is 17.7 Å². The Morgan fingerprint density at radius 1 is 1.56 bits per heavy atom. The van der Waals surface area contributed by atoms with Gasteiger partial charge >= 0.3 is 0 Å². The summed E-state index contributed by atoms with van der Waals surface area (Å²) in [4.78, 5) is 15.5. The summed E-state index contributed by atoms with van der Waals surface area (Å²) in [6.07, 6.45) is 2.94. The van der Waals surface area contributed by atoms with Crippen LogP contribution in [0, 0.1) is 0 Å². The van der Waals surface area contributed by atoms with Crippen LogP contribution in [0.25, 0.3) is 0 Å². The molecule has 2 N–H and O–H groups in total. The fraction of sp³-hybridized carbons (Fsp3) is 0.400. The lowest BCUT2D eigenvalue weighted by molar-refractivity contribution is 0.0952. The zero-order chi connectivity index (χ0) is 12.0. The van der Waals surface area contributed by atoms with E-state index in [2.05, 4.69) is 26.2 Å². The number of hydrogen-bond donors (Lipinski definition) is 2. The van der Waals surface area contributed by atoms with Crippen molar-refractivity contribution < 1.29 is 9.90 Å². The van der Waals surface area contributed by atoms with Gasteiger partial charge in [-0.1, -0.05) is 11.6 Å². The molecule has 0 saturated heterocycles. The minimum atomic E-state index is -0.253. The molecule has 6 heteroatoms. The quantitative estimate of drug-likeness (QED) is 0.646. The summed E-state index contributed by atoms with van der Waals surface area (Å²) in [5.41, 5.74) is 0.347. The fourth-order valence-electron chi connectivity index (χ4n) is 1.12. The standard InChI is InChI=1S/C10H12BrClN2O2/c11-7-5-8(9(12)14-6-7)10(16)13-3-1-2-4-15/h5-6,15H,1-4H2,(H,13,16). The summed E-state index contributed by atoms with van der Waals surface area (Å²) in [6.45, 7) is 0.650. The monoisotopic (exact) mass is 306 g/mol. The molecule has 1 amide bonds. The molecule has 0 unspecified atom stereocenters. The molecule has 0 aliphatic heterocycles. The van der Waals surface area contributed by atoms with Gasteiger partial charge in [0.2, 0.25) is 0 Å². The molecule has 0 radical (unpaired) electrons. The predicted octanol–water partition coefficient (Wildman–Crippen LogP) is 2.00. The lowest BCUT2D eigenvalue weighted by Crippen LogP contribution is -2.25. The van der Waals surface area contributed by atoms with E-state index >= 15 is 0 Å². The van der Waals surface area contributed by atoms with Gasteiger partial charge in [0.1, 0.15) is 5.15 Å². The number of aliphatic hydroxyl groups excluding tert-OH is 1. The van der Waals surface area contributed by atoms with E-state index in [1.54, 1.807) is 6.07 Å². The number of amides is 1. The Morgan fingerprint density at radius 3 is 3.00 bits per heavy atom. The van der Waals surface area contributed by atoms with Crippen LogP contribution >= 0.6 is 27.5 Å². The molecular weight excluding hydrogens is 295 g/mol. The second-order valence-electron chi connectivity index (χ2n) is 3.18. The van der Waals surface area contributed by atoms with Crippen molar-refractivity contribution >= 4 is 33.4 Å². The maximum absolute atomic E-state index is 11.7. The second kappa shape index (κ2) is 6.83. The third-order valence-electron chi connectivity index (χ3n) is 1.92. The van der Waals surface area contributed by atoms with Crippen LogP contribution in [-0.2, 0) is 0 Å². The summed E-state index contributed by atoms with van der Waals surface area (Å²) in [5.74, 6) is -0.253. The lowest BCUT2D eigenvalue weighted by Gasteiger charge is -2.05. The van der Waals surface area contributed by atoms with Crippen molar-refractivity contribution in [2.75, 3.05) is 13.2 Å². The zero-order valence-corrected chi connectivity index (χ0v) is 10.9. The molecule has 0 aromatic carbocycles. The highest BCUT2D eigenvalue weighted by molar-refractivity contribution is 9.10. The van der Waals surface area contributed by atoms with Gasteiger partial charge in [0.15, 0.2) is 0 Å². The molecule has 1 rings (SSSR count). The smallest absolute Gasteiger partial charge is 0.254 e. The number of rotatable bonds is 5. The maximum Gasteiger partial charge on any atom is 0.254 e. The van der Waals surface area contributed by atoms with Crippen LogP contribution in [0.4, 0.5) is 0 Å². The molecule has 0 fully saturated rings. The number of carbonyl (C=O) groups excluding carboxylic acids is 1. The second-order valence-corrected chi connectivity index (χ2v) is 4.45. The van der Waals surface area contributed by atoms with Crippen molar-refractivity contribution in [3.8, 4) is 0 Å². The molecule has 0 aliphatic rings. The molecule has 1 heterocycles. The first-order valence-electron chi connectivity index (χ1n) is 4.85. The van der Waals surface area contributed by atoms with Crippen molar-refractivity contribution in [2.24, 2.45) is 0 Å². The van der Waals surface area contributed by atoms with Gasteiger partial charge in [-0.3, -0.25) is 4.79 Å². The third-order valence-corrected chi connectivity index (χ3v) is 2.66. The molecule has 4 nitrogen and oxygen atoms in total. The maximum atomic E-state index is 11.7. The van der Waals surface area contributed by atoms with Crippen LogP contribution in [0.5, 0.6) is 0 Å². The van der Waals surface area contributed by atoms with Gasteiger partial charge in [0.25, 0.3) is 5.91 Å². The average Bonchev–Trinajstić information content (AvgIpc) is 2.27. The molecule has 0 atom stereocenters. The van der Waals surface area contributed by atoms with Crippen molar-refractivity contribution in [2.45, 2.75) is 12.8 Å². The van der Waals surface area contributed by atoms with Crippen LogP contribution in [0.1, 0.15) is 23.2 Å². The molecule has 1 aromatic rings. The third kappa shape index (κ3) is 4.08. The first-order chi connectivity index (χ1) is 7.65. The molecule has 1 aromatic heterocycles. The van der Waals surface area contributed by atoms with E-state index in [1.807, 2.05) is 0 Å². The van der Waals surface area contributed by atoms with Crippen LogP contribution in [0.15, 0.2) is 16.7 Å². The van der Waals surface area contributed by atoms with Gasteiger partial charge < -0.3 is 10.4 Å². The van der Waals surface area contributed by atoms with Crippen molar-refractivity contribution in [1.82, 2.24) is 10.3 Å². The number of unbranched alkanes of at least 4 members (excludes halogenated alkanes) is 1. The molecule has 88 valence electrons. The number of carbonyl (C=O) groups is 1. The van der Waals surface area contributed by atoms with Gasteiger partial charge in [0.05, 0.1) is 5.56 Å². The average molecular weight is 308 g/mol. The number of nitrogens with zero attached hydrogens (tertiary/aromatic N) is 1. The Kier molecular flexibility index (Phi) is 5.73. The van der Waals surface area contributed by atoms with Gasteiger partial charge in [0, 0.05) is 23.8 Å². The highest BCUT2D eigenvalue weighted by Gasteiger charge is 2.11. The van der Waals surface area contributed by atoms with Crippen molar-refractivity contribution in [3.05, 3.63) is 27.5 Å². The van der Waals surface area contributed by atoms with Crippen LogP contribution in [0.2, 0.25) is 5.15 Å². The van der Waals surface area contributed by atoms with E-state index in [0.29, 0.717) is 23.0 Å². The number of pyridine rings is 1. The number of aromatic nitrogens is 1. The number of aliphatic hydroxyl groups is 1. The molecule has 0 spiro atoms. The molecular formula is C10H12BrClN2O2.